The zero-order chi connectivity index (χ0) is 17.2. The number of hydrogen-bond acceptors (Lipinski definition) is 3. The first-order valence-electron chi connectivity index (χ1n) is 8.83. The highest BCUT2D eigenvalue weighted by atomic mass is 16.3. The van der Waals surface area contributed by atoms with Crippen LogP contribution >= 0.6 is 0 Å². The molecule has 5 nitrogen and oxygen atoms in total. The largest absolute Gasteiger partial charge is 0.389 e. The third-order valence-electron chi connectivity index (χ3n) is 5.43. The number of nitrogens with zero attached hydrogens (tertiary/aromatic N) is 1. The van der Waals surface area contributed by atoms with Crippen molar-refractivity contribution in [3.05, 3.63) is 29.8 Å². The topological polar surface area (TPSA) is 69.6 Å². The van der Waals surface area contributed by atoms with Crippen LogP contribution < -0.4 is 5.32 Å². The number of hydrogen-bond donors (Lipinski definition) is 2. The van der Waals surface area contributed by atoms with Gasteiger partial charge in [0.1, 0.15) is 6.42 Å². The van der Waals surface area contributed by atoms with E-state index in [1.54, 1.807) is 4.90 Å². The summed E-state index contributed by atoms with van der Waals surface area (Å²) in [6, 6.07) is 7.51. The van der Waals surface area contributed by atoms with Crippen LogP contribution in [-0.2, 0) is 9.59 Å². The molecule has 2 aliphatic rings. The van der Waals surface area contributed by atoms with Crippen LogP contribution in [0.3, 0.4) is 0 Å². The number of amides is 2. The van der Waals surface area contributed by atoms with E-state index in [1.165, 1.54) is 0 Å². The molecule has 0 aromatic heterocycles. The van der Waals surface area contributed by atoms with Gasteiger partial charge in [-0.1, -0.05) is 30.5 Å². The number of nitrogens with one attached hydrogen (secondary N) is 1. The van der Waals surface area contributed by atoms with Gasteiger partial charge in [0.25, 0.3) is 0 Å². The second-order valence-electron chi connectivity index (χ2n) is 7.23. The minimum absolute atomic E-state index is 0.140. The number of piperidine rings is 1. The molecule has 2 amide bonds. The molecule has 1 aliphatic heterocycles. The Morgan fingerprint density at radius 3 is 2.75 bits per heavy atom. The van der Waals surface area contributed by atoms with Crippen LogP contribution in [0, 0.1) is 12.8 Å². The van der Waals surface area contributed by atoms with Crippen molar-refractivity contribution < 1.29 is 14.7 Å². The van der Waals surface area contributed by atoms with Crippen LogP contribution in [0.5, 0.6) is 0 Å². The maximum Gasteiger partial charge on any atom is 0.233 e. The Hall–Kier alpha value is -1.88. The van der Waals surface area contributed by atoms with Crippen LogP contribution in [0.25, 0.3) is 0 Å². The Balaban J connectivity index is 1.53. The zero-order valence-electron chi connectivity index (χ0n) is 14.3. The number of rotatable bonds is 3. The molecule has 1 saturated carbocycles. The van der Waals surface area contributed by atoms with Crippen molar-refractivity contribution >= 4 is 17.5 Å². The van der Waals surface area contributed by atoms with Gasteiger partial charge in [0.2, 0.25) is 11.8 Å². The van der Waals surface area contributed by atoms with Crippen molar-refractivity contribution in [3.8, 4) is 0 Å². The second kappa shape index (κ2) is 6.93. The molecule has 130 valence electrons. The molecule has 1 aromatic carbocycles. The van der Waals surface area contributed by atoms with E-state index in [-0.39, 0.29) is 24.2 Å². The molecule has 0 bridgehead atoms. The van der Waals surface area contributed by atoms with Gasteiger partial charge in [-0.2, -0.15) is 0 Å². The normalized spacial score (nSPS) is 26.6. The van der Waals surface area contributed by atoms with Crippen LogP contribution in [-0.4, -0.2) is 40.5 Å². The molecule has 5 heteroatoms. The lowest BCUT2D eigenvalue weighted by molar-refractivity contribution is -0.144. The van der Waals surface area contributed by atoms with Gasteiger partial charge in [0.05, 0.1) is 5.60 Å². The fourth-order valence-electron chi connectivity index (χ4n) is 3.89. The van der Waals surface area contributed by atoms with Gasteiger partial charge in [-0.25, -0.2) is 0 Å². The van der Waals surface area contributed by atoms with E-state index in [0.717, 1.165) is 31.2 Å². The molecule has 0 unspecified atom stereocenters. The third-order valence-corrected chi connectivity index (χ3v) is 5.43. The van der Waals surface area contributed by atoms with E-state index in [2.05, 4.69) is 5.32 Å². The minimum Gasteiger partial charge on any atom is -0.389 e. The fraction of sp³-hybridized carbons (Fsp3) is 0.579. The van der Waals surface area contributed by atoms with Crippen LogP contribution in [0.1, 0.15) is 44.1 Å². The first kappa shape index (κ1) is 17.0. The summed E-state index contributed by atoms with van der Waals surface area (Å²) in [5.74, 6) is -0.273. The summed E-state index contributed by atoms with van der Waals surface area (Å²) < 4.78 is 0. The van der Waals surface area contributed by atoms with Gasteiger partial charge in [0, 0.05) is 24.7 Å². The average molecular weight is 330 g/mol. The molecular formula is C19H26N2O3. The Labute approximate surface area is 143 Å². The zero-order valence-corrected chi connectivity index (χ0v) is 14.3. The summed E-state index contributed by atoms with van der Waals surface area (Å²) in [4.78, 5) is 26.3. The molecule has 2 fully saturated rings. The van der Waals surface area contributed by atoms with Gasteiger partial charge in [-0.05, 0) is 38.3 Å². The predicted octanol–water partition coefficient (Wildman–Crippen LogP) is 2.48. The smallest absolute Gasteiger partial charge is 0.233 e. The summed E-state index contributed by atoms with van der Waals surface area (Å²) in [5.41, 5.74) is 1.23. The lowest BCUT2D eigenvalue weighted by atomic mass is 9.71. The second-order valence-corrected chi connectivity index (χ2v) is 7.23. The first-order chi connectivity index (χ1) is 11.5. The molecule has 2 atom stereocenters. The maximum atomic E-state index is 12.4. The van der Waals surface area contributed by atoms with Crippen molar-refractivity contribution in [1.82, 2.24) is 4.90 Å². The van der Waals surface area contributed by atoms with Gasteiger partial charge < -0.3 is 15.3 Å². The van der Waals surface area contributed by atoms with Crippen LogP contribution in [0.2, 0.25) is 0 Å². The highest BCUT2D eigenvalue weighted by molar-refractivity contribution is 6.03. The summed E-state index contributed by atoms with van der Waals surface area (Å²) in [5, 5.41) is 13.4. The molecule has 1 heterocycles. The Bertz CT molecular complexity index is 614. The molecule has 1 saturated heterocycles. The number of fused-ring (bicyclic) bond motifs is 1. The monoisotopic (exact) mass is 330 g/mol. The fourth-order valence-corrected chi connectivity index (χ4v) is 3.89. The van der Waals surface area contributed by atoms with Gasteiger partial charge in [0.15, 0.2) is 0 Å². The maximum absolute atomic E-state index is 12.4. The number of carbonyl (C=O) groups excluding carboxylic acids is 2. The minimum atomic E-state index is -0.598. The lowest BCUT2D eigenvalue weighted by Gasteiger charge is -2.47. The summed E-state index contributed by atoms with van der Waals surface area (Å²) >= 11 is 0. The Morgan fingerprint density at radius 2 is 2.00 bits per heavy atom. The van der Waals surface area contributed by atoms with E-state index in [0.29, 0.717) is 25.2 Å². The molecule has 0 spiro atoms. The number of carbonyl (C=O) groups is 2. The molecule has 1 aromatic rings. The lowest BCUT2D eigenvalue weighted by Crippen LogP contribution is -2.54. The highest BCUT2D eigenvalue weighted by Gasteiger charge is 2.43. The summed E-state index contributed by atoms with van der Waals surface area (Å²) in [6.45, 7) is 3.11. The van der Waals surface area contributed by atoms with E-state index in [1.807, 2.05) is 31.2 Å². The Morgan fingerprint density at radius 1 is 1.25 bits per heavy atom. The predicted molar refractivity (Wildman–Crippen MR) is 92.5 cm³/mol. The SMILES string of the molecule is Cc1ccc(NC(=O)CC(=O)N2CC[C@@]3(O)CCCC[C@H]3C2)cc1. The molecule has 0 radical (unpaired) electrons. The van der Waals surface area contributed by atoms with E-state index < -0.39 is 5.60 Å². The van der Waals surface area contributed by atoms with Gasteiger partial charge in [-0.15, -0.1) is 0 Å². The Kier molecular flexibility index (Phi) is 4.90. The number of anilines is 1. The number of aryl methyl sites for hydroxylation is 1. The van der Waals surface area contributed by atoms with Gasteiger partial charge >= 0.3 is 0 Å². The van der Waals surface area contributed by atoms with Crippen molar-refractivity contribution in [2.75, 3.05) is 18.4 Å². The van der Waals surface area contributed by atoms with E-state index in [4.69, 9.17) is 0 Å². The molecule has 2 N–H and O–H groups in total. The average Bonchev–Trinajstić information content (AvgIpc) is 2.56. The van der Waals surface area contributed by atoms with Crippen LogP contribution in [0.4, 0.5) is 5.69 Å². The number of benzene rings is 1. The van der Waals surface area contributed by atoms with Crippen molar-refractivity contribution in [1.29, 1.82) is 0 Å². The van der Waals surface area contributed by atoms with Crippen molar-refractivity contribution in [3.63, 3.8) is 0 Å². The molecule has 24 heavy (non-hydrogen) atoms. The van der Waals surface area contributed by atoms with E-state index in [9.17, 15) is 14.7 Å². The van der Waals surface area contributed by atoms with Crippen molar-refractivity contribution in [2.45, 2.75) is 51.0 Å². The summed E-state index contributed by atoms with van der Waals surface area (Å²) in [7, 11) is 0. The number of aliphatic hydroxyl groups is 1. The quantitative estimate of drug-likeness (QED) is 0.837. The standard InChI is InChI=1S/C19H26N2O3/c1-14-5-7-16(8-6-14)20-17(22)12-18(23)21-11-10-19(24)9-3-2-4-15(19)13-21/h5-8,15,24H,2-4,9-13H2,1H3,(H,20,22)/t15-,19-/m0/s1. The first-order valence-corrected chi connectivity index (χ1v) is 8.83. The van der Waals surface area contributed by atoms with E-state index >= 15 is 0 Å². The van der Waals surface area contributed by atoms with Crippen molar-refractivity contribution in [2.24, 2.45) is 5.92 Å². The molecular weight excluding hydrogens is 304 g/mol. The number of likely N-dealkylation sites (tertiary alicyclic amines) is 1. The van der Waals surface area contributed by atoms with Crippen LogP contribution in [0.15, 0.2) is 24.3 Å². The van der Waals surface area contributed by atoms with Gasteiger partial charge in [-0.3, -0.25) is 9.59 Å². The highest BCUT2D eigenvalue weighted by Crippen LogP contribution is 2.39. The molecule has 1 aliphatic carbocycles. The third kappa shape index (κ3) is 3.78. The summed E-state index contributed by atoms with van der Waals surface area (Å²) in [6.07, 6.45) is 4.48. The molecule has 3 rings (SSSR count).